The van der Waals surface area contributed by atoms with Crippen molar-refractivity contribution >= 4 is 29.9 Å². The fourth-order valence-electron chi connectivity index (χ4n) is 2.72. The van der Waals surface area contributed by atoms with Gasteiger partial charge in [-0.25, -0.2) is 15.0 Å². The molecule has 2 N–H and O–H groups in total. The smallest absolute Gasteiger partial charge is 0.191 e. The van der Waals surface area contributed by atoms with Gasteiger partial charge in [-0.2, -0.15) is 0 Å². The number of pyridine rings is 1. The van der Waals surface area contributed by atoms with E-state index < -0.39 is 0 Å². The zero-order chi connectivity index (χ0) is 19.9. The lowest BCUT2D eigenvalue weighted by Gasteiger charge is -2.30. The Morgan fingerprint density at radius 1 is 1.25 bits per heavy atom. The third-order valence-electron chi connectivity index (χ3n) is 4.35. The van der Waals surface area contributed by atoms with Gasteiger partial charge in [0.1, 0.15) is 11.6 Å². The summed E-state index contributed by atoms with van der Waals surface area (Å²) in [5.74, 6) is 2.55. The van der Waals surface area contributed by atoms with Gasteiger partial charge >= 0.3 is 0 Å². The average molecular weight is 500 g/mol. The Hall–Kier alpha value is -1.68. The second-order valence-corrected chi connectivity index (χ2v) is 7.54. The minimum Gasteiger partial charge on any atom is -0.379 e. The van der Waals surface area contributed by atoms with Crippen LogP contribution in [0.5, 0.6) is 0 Å². The Labute approximate surface area is 185 Å². The maximum atomic E-state index is 5.60. The Balaban J connectivity index is 0.00000392. The molecule has 0 radical (unpaired) electrons. The highest BCUT2D eigenvalue weighted by Gasteiger charge is 2.24. The van der Waals surface area contributed by atoms with Crippen LogP contribution in [0.2, 0.25) is 0 Å². The molecule has 2 rings (SSSR count). The first-order valence-corrected chi connectivity index (χ1v) is 9.35. The number of imidazole rings is 1. The van der Waals surface area contributed by atoms with Crippen LogP contribution in [0.25, 0.3) is 5.82 Å². The van der Waals surface area contributed by atoms with E-state index in [4.69, 9.17) is 4.74 Å². The van der Waals surface area contributed by atoms with Gasteiger partial charge in [-0.3, -0.25) is 4.57 Å². The number of aliphatic imine (C=N–C) groups is 1. The summed E-state index contributed by atoms with van der Waals surface area (Å²) in [5, 5.41) is 6.65. The van der Waals surface area contributed by atoms with Gasteiger partial charge in [0, 0.05) is 38.8 Å². The number of aryl methyl sites for hydroxylation is 1. The van der Waals surface area contributed by atoms with Crippen molar-refractivity contribution < 1.29 is 4.74 Å². The molecule has 1 unspecified atom stereocenters. The molecule has 2 aromatic heterocycles. The average Bonchev–Trinajstić information content (AvgIpc) is 3.05. The first kappa shape index (κ1) is 24.4. The van der Waals surface area contributed by atoms with E-state index in [1.54, 1.807) is 13.3 Å². The maximum Gasteiger partial charge on any atom is 0.191 e. The van der Waals surface area contributed by atoms with Crippen LogP contribution in [-0.4, -0.2) is 46.8 Å². The minimum atomic E-state index is 0. The molecule has 0 spiro atoms. The molecular formula is C20H33IN6O. The van der Waals surface area contributed by atoms with Crippen molar-refractivity contribution in [3.05, 3.63) is 42.1 Å². The molecule has 0 saturated heterocycles. The van der Waals surface area contributed by atoms with Crippen LogP contribution in [-0.2, 0) is 11.3 Å². The Bertz CT molecular complexity index is 736. The van der Waals surface area contributed by atoms with Crippen molar-refractivity contribution in [3.63, 3.8) is 0 Å². The summed E-state index contributed by atoms with van der Waals surface area (Å²) in [6.45, 7) is 12.6. The molecular weight excluding hydrogens is 467 g/mol. The predicted octanol–water partition coefficient (Wildman–Crippen LogP) is 3.31. The predicted molar refractivity (Wildman–Crippen MR) is 125 cm³/mol. The number of hydrogen-bond acceptors (Lipinski definition) is 4. The lowest BCUT2D eigenvalue weighted by atomic mass is 9.89. The van der Waals surface area contributed by atoms with Gasteiger partial charge in [-0.1, -0.05) is 26.8 Å². The van der Waals surface area contributed by atoms with Gasteiger partial charge in [0.05, 0.1) is 12.6 Å². The molecule has 2 heterocycles. The molecule has 0 aliphatic carbocycles. The highest BCUT2D eigenvalue weighted by atomic mass is 127. The van der Waals surface area contributed by atoms with Crippen LogP contribution in [0.3, 0.4) is 0 Å². The molecule has 7 nitrogen and oxygen atoms in total. The van der Waals surface area contributed by atoms with E-state index in [-0.39, 0.29) is 35.5 Å². The third-order valence-corrected chi connectivity index (χ3v) is 4.35. The molecule has 2 aromatic rings. The van der Waals surface area contributed by atoms with Crippen LogP contribution in [0, 0.1) is 12.3 Å². The molecule has 0 aromatic carbocycles. The van der Waals surface area contributed by atoms with Gasteiger partial charge in [0.2, 0.25) is 0 Å². The monoisotopic (exact) mass is 500 g/mol. The third kappa shape index (κ3) is 7.05. The number of hydrogen-bond donors (Lipinski definition) is 2. The zero-order valence-electron chi connectivity index (χ0n) is 17.7. The highest BCUT2D eigenvalue weighted by molar-refractivity contribution is 14.0. The number of rotatable bonds is 7. The number of aromatic nitrogens is 3. The molecule has 28 heavy (non-hydrogen) atoms. The van der Waals surface area contributed by atoms with Crippen molar-refractivity contribution in [2.24, 2.45) is 10.4 Å². The fraction of sp³-hybridized carbons (Fsp3) is 0.550. The lowest BCUT2D eigenvalue weighted by molar-refractivity contribution is 0.0205. The van der Waals surface area contributed by atoms with Crippen LogP contribution < -0.4 is 10.6 Å². The quantitative estimate of drug-likeness (QED) is 0.347. The largest absolute Gasteiger partial charge is 0.379 e. The van der Waals surface area contributed by atoms with Gasteiger partial charge in [0.25, 0.3) is 0 Å². The van der Waals surface area contributed by atoms with E-state index in [1.165, 1.54) is 0 Å². The number of nitrogens with zero attached hydrogens (tertiary/aromatic N) is 4. The van der Waals surface area contributed by atoms with Gasteiger partial charge in [-0.05, 0) is 30.9 Å². The van der Waals surface area contributed by atoms with Gasteiger partial charge in [0.15, 0.2) is 5.96 Å². The Morgan fingerprint density at radius 3 is 2.50 bits per heavy atom. The molecule has 0 bridgehead atoms. The number of ether oxygens (including phenoxy) is 1. The molecule has 1 atom stereocenters. The van der Waals surface area contributed by atoms with Gasteiger partial charge < -0.3 is 15.4 Å². The standard InChI is InChI=1S/C20H32N6O.HI/c1-7-21-19(25-14-17(27-6)20(3,4)5)24-13-16-8-9-18(23-12-16)26-11-10-22-15(26)2;/h8-12,17H,7,13-14H2,1-6H3,(H2,21,24,25);1H. The van der Waals surface area contributed by atoms with E-state index in [1.807, 2.05) is 36.0 Å². The van der Waals surface area contributed by atoms with E-state index in [0.717, 1.165) is 29.7 Å². The Morgan fingerprint density at radius 2 is 2.00 bits per heavy atom. The molecule has 0 amide bonds. The maximum absolute atomic E-state index is 5.60. The first-order chi connectivity index (χ1) is 12.8. The lowest BCUT2D eigenvalue weighted by Crippen LogP contribution is -2.45. The normalized spacial score (nSPS) is 13.0. The topological polar surface area (TPSA) is 76.4 Å². The number of halogens is 1. The van der Waals surface area contributed by atoms with E-state index in [9.17, 15) is 0 Å². The molecule has 0 fully saturated rings. The Kier molecular flexibility index (Phi) is 9.88. The van der Waals surface area contributed by atoms with Crippen molar-refractivity contribution in [3.8, 4) is 5.82 Å². The summed E-state index contributed by atoms with van der Waals surface area (Å²) in [4.78, 5) is 13.4. The summed E-state index contributed by atoms with van der Waals surface area (Å²) < 4.78 is 7.56. The second kappa shape index (κ2) is 11.4. The van der Waals surface area contributed by atoms with Crippen LogP contribution in [0.15, 0.2) is 35.7 Å². The summed E-state index contributed by atoms with van der Waals surface area (Å²) in [5.41, 5.74) is 1.11. The van der Waals surface area contributed by atoms with E-state index in [2.05, 4.69) is 53.3 Å². The van der Waals surface area contributed by atoms with Crippen molar-refractivity contribution in [1.82, 2.24) is 25.2 Å². The van der Waals surface area contributed by atoms with E-state index >= 15 is 0 Å². The van der Waals surface area contributed by atoms with Crippen molar-refractivity contribution in [1.29, 1.82) is 0 Å². The number of methoxy groups -OCH3 is 1. The highest BCUT2D eigenvalue weighted by Crippen LogP contribution is 2.20. The molecule has 0 aliphatic rings. The minimum absolute atomic E-state index is 0. The van der Waals surface area contributed by atoms with E-state index in [0.29, 0.717) is 13.1 Å². The molecule has 8 heteroatoms. The van der Waals surface area contributed by atoms with Crippen LogP contribution >= 0.6 is 24.0 Å². The van der Waals surface area contributed by atoms with Crippen molar-refractivity contribution in [2.75, 3.05) is 20.2 Å². The van der Waals surface area contributed by atoms with Gasteiger partial charge in [-0.15, -0.1) is 24.0 Å². The summed E-state index contributed by atoms with van der Waals surface area (Å²) in [7, 11) is 1.75. The summed E-state index contributed by atoms with van der Waals surface area (Å²) >= 11 is 0. The second-order valence-electron chi connectivity index (χ2n) is 7.54. The molecule has 156 valence electrons. The summed E-state index contributed by atoms with van der Waals surface area (Å²) in [6.07, 6.45) is 5.63. The molecule has 0 saturated carbocycles. The number of guanidine groups is 1. The fourth-order valence-corrected chi connectivity index (χ4v) is 2.72. The first-order valence-electron chi connectivity index (χ1n) is 9.35. The molecule has 0 aliphatic heterocycles. The van der Waals surface area contributed by atoms with Crippen molar-refractivity contribution in [2.45, 2.75) is 47.3 Å². The number of nitrogens with one attached hydrogen (secondary N) is 2. The van der Waals surface area contributed by atoms with Crippen LogP contribution in [0.4, 0.5) is 0 Å². The zero-order valence-corrected chi connectivity index (χ0v) is 20.0. The van der Waals surface area contributed by atoms with Crippen LogP contribution in [0.1, 0.15) is 39.1 Å². The summed E-state index contributed by atoms with van der Waals surface area (Å²) in [6, 6.07) is 4.03. The SMILES string of the molecule is CCNC(=NCc1ccc(-n2ccnc2C)nc1)NCC(OC)C(C)(C)C.I.